The van der Waals surface area contributed by atoms with E-state index >= 15 is 0 Å². The third-order valence-corrected chi connectivity index (χ3v) is 5.03. The predicted octanol–water partition coefficient (Wildman–Crippen LogP) is 4.25. The average molecular weight is 418 g/mol. The van der Waals surface area contributed by atoms with Crippen LogP contribution in [0.2, 0.25) is 0 Å². The highest BCUT2D eigenvalue weighted by Gasteiger charge is 2.21. The molecular weight excluding hydrogens is 392 g/mol. The van der Waals surface area contributed by atoms with Crippen molar-refractivity contribution >= 4 is 11.7 Å². The van der Waals surface area contributed by atoms with Gasteiger partial charge in [0.1, 0.15) is 11.5 Å². The summed E-state index contributed by atoms with van der Waals surface area (Å²) in [6, 6.07) is 14.6. The summed E-state index contributed by atoms with van der Waals surface area (Å²) in [5.74, 6) is 0.616. The lowest BCUT2D eigenvalue weighted by molar-refractivity contribution is 0.0932. The summed E-state index contributed by atoms with van der Waals surface area (Å²) in [6.45, 7) is 4.37. The second kappa shape index (κ2) is 9.89. The maximum atomic E-state index is 11.6. The van der Waals surface area contributed by atoms with E-state index in [0.717, 1.165) is 17.5 Å². The van der Waals surface area contributed by atoms with Crippen LogP contribution in [-0.4, -0.2) is 28.4 Å². The second-order valence-corrected chi connectivity index (χ2v) is 7.68. The zero-order chi connectivity index (χ0) is 22.4. The summed E-state index contributed by atoms with van der Waals surface area (Å²) in [4.78, 5) is 26.5. The number of ketones is 1. The van der Waals surface area contributed by atoms with Gasteiger partial charge >= 0.3 is 0 Å². The van der Waals surface area contributed by atoms with Gasteiger partial charge in [-0.15, -0.1) is 0 Å². The summed E-state index contributed by atoms with van der Waals surface area (Å²) in [6.07, 6.45) is 4.80. The largest absolute Gasteiger partial charge is 0.508 e. The molecule has 3 N–H and O–H groups in total. The van der Waals surface area contributed by atoms with Crippen LogP contribution in [0.15, 0.2) is 60.9 Å². The molecule has 2 aromatic carbocycles. The third-order valence-electron chi connectivity index (χ3n) is 5.03. The number of Topliss-reactive ketones (excluding diaryl/α,β-unsaturated/α-hetero) is 1. The topological polar surface area (TPSA) is 103 Å². The lowest BCUT2D eigenvalue weighted by Gasteiger charge is -2.19. The Hall–Kier alpha value is -3.67. The minimum atomic E-state index is -0.393. The van der Waals surface area contributed by atoms with Gasteiger partial charge in [-0.2, -0.15) is 0 Å². The van der Waals surface area contributed by atoms with Crippen molar-refractivity contribution in [2.24, 2.45) is 5.73 Å². The van der Waals surface area contributed by atoms with Crippen LogP contribution in [0.4, 0.5) is 0 Å². The van der Waals surface area contributed by atoms with E-state index in [-0.39, 0.29) is 17.5 Å². The molecule has 0 saturated carbocycles. The molecule has 0 spiro atoms. The van der Waals surface area contributed by atoms with E-state index in [1.54, 1.807) is 36.7 Å². The van der Waals surface area contributed by atoms with E-state index < -0.39 is 5.91 Å². The van der Waals surface area contributed by atoms with Crippen LogP contribution in [0.5, 0.6) is 11.5 Å². The van der Waals surface area contributed by atoms with Crippen molar-refractivity contribution in [3.05, 3.63) is 88.7 Å². The summed E-state index contributed by atoms with van der Waals surface area (Å²) >= 11 is 0. The van der Waals surface area contributed by atoms with Crippen LogP contribution in [0, 0.1) is 0 Å². The number of hydrogen-bond acceptors (Lipinski definition) is 5. The molecule has 0 bridgehead atoms. The van der Waals surface area contributed by atoms with E-state index in [9.17, 15) is 14.7 Å². The van der Waals surface area contributed by atoms with E-state index in [4.69, 9.17) is 10.5 Å². The summed E-state index contributed by atoms with van der Waals surface area (Å²) in [5, 5.41) is 9.73. The molecule has 0 atom stereocenters. The number of hydrogen-bond donors (Lipinski definition) is 2. The molecule has 0 unspecified atom stereocenters. The van der Waals surface area contributed by atoms with Crippen LogP contribution < -0.4 is 10.5 Å². The third kappa shape index (κ3) is 5.69. The van der Waals surface area contributed by atoms with Gasteiger partial charge in [0, 0.05) is 30.4 Å². The number of rotatable bonds is 4. The zero-order valence-corrected chi connectivity index (χ0v) is 17.7. The Balaban J connectivity index is 0.000000176. The molecule has 2 heterocycles. The van der Waals surface area contributed by atoms with E-state index in [1.165, 1.54) is 5.56 Å². The molecular formula is C25H26N2O4. The molecule has 0 aliphatic carbocycles. The Morgan fingerprint density at radius 2 is 1.74 bits per heavy atom. The number of fused-ring (bicyclic) bond motifs is 1. The molecule has 4 rings (SSSR count). The Labute approximate surface area is 181 Å². The lowest BCUT2D eigenvalue weighted by atomic mass is 9.95. The maximum Gasteiger partial charge on any atom is 0.248 e. The van der Waals surface area contributed by atoms with Crippen LogP contribution >= 0.6 is 0 Å². The SMILES string of the molecule is CC(C)c1cc2c(cc1O)OCCC2=O.NC(=O)c1ccc(Cc2ccncc2)cc1. The van der Waals surface area contributed by atoms with E-state index in [1.807, 2.05) is 38.1 Å². The highest BCUT2D eigenvalue weighted by Crippen LogP contribution is 2.35. The Morgan fingerprint density at radius 1 is 1.10 bits per heavy atom. The molecule has 0 saturated heterocycles. The molecule has 31 heavy (non-hydrogen) atoms. The van der Waals surface area contributed by atoms with Gasteiger partial charge in [-0.25, -0.2) is 0 Å². The van der Waals surface area contributed by atoms with Gasteiger partial charge in [0.05, 0.1) is 12.2 Å². The number of phenolic OH excluding ortho intramolecular Hbond substituents is 1. The Morgan fingerprint density at radius 3 is 2.35 bits per heavy atom. The highest BCUT2D eigenvalue weighted by atomic mass is 16.5. The number of nitrogens with two attached hydrogens (primary N) is 1. The number of carbonyl (C=O) groups excluding carboxylic acids is 2. The fourth-order valence-corrected chi connectivity index (χ4v) is 3.30. The van der Waals surface area contributed by atoms with Crippen molar-refractivity contribution in [3.8, 4) is 11.5 Å². The van der Waals surface area contributed by atoms with Gasteiger partial charge in [-0.05, 0) is 59.4 Å². The Bertz CT molecular complexity index is 1060. The number of primary amides is 1. The van der Waals surface area contributed by atoms with Crippen LogP contribution in [0.25, 0.3) is 0 Å². The number of aromatic nitrogens is 1. The van der Waals surface area contributed by atoms with Gasteiger partial charge in [-0.3, -0.25) is 14.6 Å². The molecule has 0 radical (unpaired) electrons. The molecule has 6 nitrogen and oxygen atoms in total. The summed E-state index contributed by atoms with van der Waals surface area (Å²) in [5.41, 5.74) is 9.45. The first-order chi connectivity index (χ1) is 14.8. The predicted molar refractivity (Wildman–Crippen MR) is 119 cm³/mol. The lowest BCUT2D eigenvalue weighted by Crippen LogP contribution is -2.15. The number of aromatic hydroxyl groups is 1. The molecule has 1 amide bonds. The first-order valence-corrected chi connectivity index (χ1v) is 10.2. The summed E-state index contributed by atoms with van der Waals surface area (Å²) < 4.78 is 5.33. The van der Waals surface area contributed by atoms with Crippen LogP contribution in [-0.2, 0) is 6.42 Å². The van der Waals surface area contributed by atoms with Gasteiger partial charge in [0.15, 0.2) is 5.78 Å². The van der Waals surface area contributed by atoms with Crippen molar-refractivity contribution in [3.63, 3.8) is 0 Å². The standard InChI is InChI=1S/C13H12N2O.C12H14O3/c14-13(16)12-3-1-10(2-4-12)9-11-5-7-15-8-6-11;1-7(2)8-5-9-10(13)3-4-15-12(9)6-11(8)14/h1-8H,9H2,(H2,14,16);5-7,14H,3-4H2,1-2H3. The fourth-order valence-electron chi connectivity index (χ4n) is 3.30. The number of carbonyl (C=O) groups is 2. The first-order valence-electron chi connectivity index (χ1n) is 10.2. The number of nitrogens with zero attached hydrogens (tertiary/aromatic N) is 1. The molecule has 160 valence electrons. The zero-order valence-electron chi connectivity index (χ0n) is 17.7. The minimum absolute atomic E-state index is 0.0955. The van der Waals surface area contributed by atoms with Crippen LogP contribution in [0.3, 0.4) is 0 Å². The molecule has 1 aliphatic heterocycles. The van der Waals surface area contributed by atoms with Crippen molar-refractivity contribution in [1.29, 1.82) is 0 Å². The number of phenols is 1. The average Bonchev–Trinajstić information content (AvgIpc) is 2.75. The number of benzene rings is 2. The normalized spacial score (nSPS) is 12.4. The van der Waals surface area contributed by atoms with Crippen molar-refractivity contribution < 1.29 is 19.4 Å². The van der Waals surface area contributed by atoms with Gasteiger partial charge < -0.3 is 15.6 Å². The van der Waals surface area contributed by atoms with Crippen molar-refractivity contribution in [2.75, 3.05) is 6.61 Å². The van der Waals surface area contributed by atoms with Gasteiger partial charge in [-0.1, -0.05) is 26.0 Å². The second-order valence-electron chi connectivity index (χ2n) is 7.68. The molecule has 3 aromatic rings. The highest BCUT2D eigenvalue weighted by molar-refractivity contribution is 6.00. The number of amides is 1. The van der Waals surface area contributed by atoms with Crippen LogP contribution in [0.1, 0.15) is 63.6 Å². The van der Waals surface area contributed by atoms with Crippen molar-refractivity contribution in [2.45, 2.75) is 32.6 Å². The molecule has 1 aromatic heterocycles. The first kappa shape index (κ1) is 22.0. The molecule has 6 heteroatoms. The minimum Gasteiger partial charge on any atom is -0.508 e. The molecule has 1 aliphatic rings. The summed E-state index contributed by atoms with van der Waals surface area (Å²) in [7, 11) is 0. The number of ether oxygens (including phenoxy) is 1. The Kier molecular flexibility index (Phi) is 7.03. The fraction of sp³-hybridized carbons (Fsp3) is 0.240. The smallest absolute Gasteiger partial charge is 0.248 e. The van der Waals surface area contributed by atoms with E-state index in [0.29, 0.717) is 29.9 Å². The quantitative estimate of drug-likeness (QED) is 0.659. The van der Waals surface area contributed by atoms with E-state index in [2.05, 4.69) is 4.98 Å². The monoisotopic (exact) mass is 418 g/mol. The molecule has 0 fully saturated rings. The van der Waals surface area contributed by atoms with Gasteiger partial charge in [0.2, 0.25) is 5.91 Å². The van der Waals surface area contributed by atoms with Gasteiger partial charge in [0.25, 0.3) is 0 Å². The number of pyridine rings is 1. The maximum absolute atomic E-state index is 11.6. The van der Waals surface area contributed by atoms with Crippen molar-refractivity contribution in [1.82, 2.24) is 4.98 Å².